The van der Waals surface area contributed by atoms with Crippen molar-refractivity contribution in [3.63, 3.8) is 0 Å². The number of carbonyl (C=O) groups excluding carboxylic acids is 1. The van der Waals surface area contributed by atoms with E-state index in [0.29, 0.717) is 29.0 Å². The number of rotatable bonds is 6. The SMILES string of the molecule is O=C(C1CC1)[C@@]1(CNc2c(Br)cccc2[N+](=O)[O-])CCNC1. The minimum atomic E-state index is -0.440. The molecule has 0 amide bonds. The van der Waals surface area contributed by atoms with Crippen LogP contribution in [0.15, 0.2) is 22.7 Å². The van der Waals surface area contributed by atoms with Crippen LogP contribution in [0.25, 0.3) is 0 Å². The van der Waals surface area contributed by atoms with Crippen LogP contribution in [0.4, 0.5) is 11.4 Å². The van der Waals surface area contributed by atoms with Crippen molar-refractivity contribution in [2.75, 3.05) is 25.0 Å². The minimum absolute atomic E-state index is 0.0225. The highest BCUT2D eigenvalue weighted by Crippen LogP contribution is 2.41. The molecular formula is C15H18BrN3O3. The lowest BCUT2D eigenvalue weighted by molar-refractivity contribution is -0.384. The van der Waals surface area contributed by atoms with Gasteiger partial charge >= 0.3 is 0 Å². The molecule has 1 saturated carbocycles. The van der Waals surface area contributed by atoms with Crippen molar-refractivity contribution in [1.82, 2.24) is 5.32 Å². The monoisotopic (exact) mass is 367 g/mol. The van der Waals surface area contributed by atoms with Crippen LogP contribution >= 0.6 is 15.9 Å². The van der Waals surface area contributed by atoms with Crippen LogP contribution in [0.2, 0.25) is 0 Å². The maximum atomic E-state index is 12.6. The maximum absolute atomic E-state index is 12.6. The quantitative estimate of drug-likeness (QED) is 0.596. The summed E-state index contributed by atoms with van der Waals surface area (Å²) in [7, 11) is 0. The van der Waals surface area contributed by atoms with Gasteiger partial charge in [0.25, 0.3) is 5.69 Å². The minimum Gasteiger partial charge on any atom is -0.378 e. The number of nitro groups is 1. The standard InChI is InChI=1S/C15H18BrN3O3/c16-11-2-1-3-12(19(21)22)13(11)18-9-15(6-7-17-8-15)14(20)10-4-5-10/h1-3,10,17-18H,4-9H2/t15-/m0/s1. The number of benzene rings is 1. The average Bonchev–Trinajstić information content (AvgIpc) is 3.23. The number of carbonyl (C=O) groups is 1. The van der Waals surface area contributed by atoms with Gasteiger partial charge in [-0.3, -0.25) is 14.9 Å². The number of halogens is 1. The van der Waals surface area contributed by atoms with Crippen LogP contribution in [0.3, 0.4) is 0 Å². The smallest absolute Gasteiger partial charge is 0.293 e. The van der Waals surface area contributed by atoms with E-state index >= 15 is 0 Å². The van der Waals surface area contributed by atoms with Gasteiger partial charge in [0.15, 0.2) is 0 Å². The first kappa shape index (κ1) is 15.4. The van der Waals surface area contributed by atoms with Gasteiger partial charge in [-0.05, 0) is 47.8 Å². The van der Waals surface area contributed by atoms with Crippen LogP contribution in [0.5, 0.6) is 0 Å². The molecule has 0 bridgehead atoms. The normalized spacial score (nSPS) is 24.2. The molecule has 1 aromatic carbocycles. The summed E-state index contributed by atoms with van der Waals surface area (Å²) >= 11 is 3.35. The van der Waals surface area contributed by atoms with E-state index in [9.17, 15) is 14.9 Å². The summed E-state index contributed by atoms with van der Waals surface area (Å²) in [6.45, 7) is 1.89. The Hall–Kier alpha value is -1.47. The van der Waals surface area contributed by atoms with Crippen molar-refractivity contribution in [2.45, 2.75) is 19.3 Å². The predicted molar refractivity (Wildman–Crippen MR) is 86.9 cm³/mol. The van der Waals surface area contributed by atoms with E-state index in [4.69, 9.17) is 0 Å². The second kappa shape index (κ2) is 5.96. The molecule has 3 rings (SSSR count). The van der Waals surface area contributed by atoms with Crippen molar-refractivity contribution in [3.05, 3.63) is 32.8 Å². The van der Waals surface area contributed by atoms with Gasteiger partial charge < -0.3 is 10.6 Å². The fraction of sp³-hybridized carbons (Fsp3) is 0.533. The van der Waals surface area contributed by atoms with Gasteiger partial charge in [0, 0.05) is 29.5 Å². The average molecular weight is 368 g/mol. The Morgan fingerprint density at radius 3 is 2.86 bits per heavy atom. The first-order valence-corrected chi connectivity index (χ1v) is 8.25. The lowest BCUT2D eigenvalue weighted by Gasteiger charge is -2.27. The van der Waals surface area contributed by atoms with Gasteiger partial charge in [-0.15, -0.1) is 0 Å². The summed E-state index contributed by atoms with van der Waals surface area (Å²) in [5.41, 5.74) is 0.0290. The Morgan fingerprint density at radius 2 is 2.27 bits per heavy atom. The van der Waals surface area contributed by atoms with Crippen molar-refractivity contribution in [2.24, 2.45) is 11.3 Å². The molecule has 1 aliphatic carbocycles. The lowest BCUT2D eigenvalue weighted by atomic mass is 9.80. The second-order valence-electron chi connectivity index (χ2n) is 6.09. The van der Waals surface area contributed by atoms with Crippen molar-refractivity contribution < 1.29 is 9.72 Å². The van der Waals surface area contributed by atoms with E-state index in [-0.39, 0.29) is 11.6 Å². The van der Waals surface area contributed by atoms with Crippen LogP contribution in [0, 0.1) is 21.4 Å². The third kappa shape index (κ3) is 2.87. The Balaban J connectivity index is 1.81. The molecule has 2 fully saturated rings. The van der Waals surface area contributed by atoms with Crippen molar-refractivity contribution in [3.8, 4) is 0 Å². The molecular weight excluding hydrogens is 350 g/mol. The number of para-hydroxylation sites is 1. The highest BCUT2D eigenvalue weighted by molar-refractivity contribution is 9.10. The molecule has 1 aliphatic heterocycles. The van der Waals surface area contributed by atoms with E-state index in [1.807, 2.05) is 0 Å². The molecule has 6 nitrogen and oxygen atoms in total. The molecule has 2 N–H and O–H groups in total. The van der Waals surface area contributed by atoms with Crippen LogP contribution in [-0.4, -0.2) is 30.3 Å². The molecule has 22 heavy (non-hydrogen) atoms. The maximum Gasteiger partial charge on any atom is 0.293 e. The number of nitrogens with zero attached hydrogens (tertiary/aromatic N) is 1. The number of Topliss-reactive ketones (excluding diaryl/α,β-unsaturated/α-hetero) is 1. The van der Waals surface area contributed by atoms with Gasteiger partial charge in [-0.25, -0.2) is 0 Å². The number of nitrogens with one attached hydrogen (secondary N) is 2. The molecule has 1 saturated heterocycles. The van der Waals surface area contributed by atoms with Gasteiger partial charge in [0.05, 0.1) is 10.3 Å². The molecule has 0 radical (unpaired) electrons. The molecule has 2 aliphatic rings. The second-order valence-corrected chi connectivity index (χ2v) is 6.94. The Morgan fingerprint density at radius 1 is 1.50 bits per heavy atom. The van der Waals surface area contributed by atoms with Crippen LogP contribution < -0.4 is 10.6 Å². The Bertz CT molecular complexity index is 610. The van der Waals surface area contributed by atoms with Gasteiger partial charge in [0.2, 0.25) is 0 Å². The van der Waals surface area contributed by atoms with Crippen molar-refractivity contribution in [1.29, 1.82) is 0 Å². The zero-order valence-electron chi connectivity index (χ0n) is 12.1. The van der Waals surface area contributed by atoms with E-state index in [2.05, 4.69) is 26.6 Å². The summed E-state index contributed by atoms with van der Waals surface area (Å²) in [5.74, 6) is 0.496. The third-order valence-electron chi connectivity index (χ3n) is 4.51. The lowest BCUT2D eigenvalue weighted by Crippen LogP contribution is -2.41. The molecule has 0 spiro atoms. The number of hydrogen-bond acceptors (Lipinski definition) is 5. The van der Waals surface area contributed by atoms with Crippen LogP contribution in [0.1, 0.15) is 19.3 Å². The molecule has 1 atom stereocenters. The van der Waals surface area contributed by atoms with E-state index in [1.165, 1.54) is 6.07 Å². The summed E-state index contributed by atoms with van der Waals surface area (Å²) < 4.78 is 0.640. The van der Waals surface area contributed by atoms with Gasteiger partial charge in [-0.2, -0.15) is 0 Å². The zero-order chi connectivity index (χ0) is 15.7. The molecule has 118 valence electrons. The zero-order valence-corrected chi connectivity index (χ0v) is 13.7. The summed E-state index contributed by atoms with van der Waals surface area (Å²) in [5, 5.41) is 17.6. The summed E-state index contributed by atoms with van der Waals surface area (Å²) in [4.78, 5) is 23.4. The summed E-state index contributed by atoms with van der Waals surface area (Å²) in [6, 6.07) is 4.86. The number of hydrogen-bond donors (Lipinski definition) is 2. The molecule has 1 aromatic rings. The van der Waals surface area contributed by atoms with Crippen LogP contribution in [-0.2, 0) is 4.79 Å². The van der Waals surface area contributed by atoms with Crippen molar-refractivity contribution >= 4 is 33.1 Å². The first-order valence-electron chi connectivity index (χ1n) is 7.45. The van der Waals surface area contributed by atoms with E-state index in [0.717, 1.165) is 25.8 Å². The van der Waals surface area contributed by atoms with E-state index in [1.54, 1.807) is 12.1 Å². The number of anilines is 1. The fourth-order valence-electron chi connectivity index (χ4n) is 3.07. The van der Waals surface area contributed by atoms with Gasteiger partial charge in [0.1, 0.15) is 11.5 Å². The van der Waals surface area contributed by atoms with E-state index < -0.39 is 10.3 Å². The largest absolute Gasteiger partial charge is 0.378 e. The summed E-state index contributed by atoms with van der Waals surface area (Å²) in [6.07, 6.45) is 2.75. The molecule has 0 aromatic heterocycles. The highest BCUT2D eigenvalue weighted by atomic mass is 79.9. The highest BCUT2D eigenvalue weighted by Gasteiger charge is 2.47. The topological polar surface area (TPSA) is 84.3 Å². The third-order valence-corrected chi connectivity index (χ3v) is 5.17. The van der Waals surface area contributed by atoms with Gasteiger partial charge in [-0.1, -0.05) is 6.07 Å². The molecule has 7 heteroatoms. The number of nitro benzene ring substituents is 1. The number of ketones is 1. The Labute approximate surface area is 136 Å². The fourth-order valence-corrected chi connectivity index (χ4v) is 3.56. The first-order chi connectivity index (χ1) is 10.5. The molecule has 1 heterocycles. The molecule has 0 unspecified atom stereocenters. The Kier molecular flexibility index (Phi) is 4.18. The predicted octanol–water partition coefficient (Wildman–Crippen LogP) is 2.73.